The summed E-state index contributed by atoms with van der Waals surface area (Å²) in [7, 11) is 1.60. The molecule has 5 heteroatoms. The fourth-order valence-electron chi connectivity index (χ4n) is 3.64. The molecule has 2 aromatic carbocycles. The minimum absolute atomic E-state index is 0.0407. The van der Waals surface area contributed by atoms with E-state index in [9.17, 15) is 4.79 Å². The average molecular weight is 361 g/mol. The molecule has 0 saturated carbocycles. The van der Waals surface area contributed by atoms with Crippen LogP contribution in [0.15, 0.2) is 60.8 Å². The maximum absolute atomic E-state index is 12.8. The molecule has 2 heterocycles. The number of aromatic nitrogens is 1. The molecule has 1 aromatic heterocycles. The molecule has 1 saturated heterocycles. The summed E-state index contributed by atoms with van der Waals surface area (Å²) in [5, 5.41) is 1.17. The third kappa shape index (κ3) is 3.64. The van der Waals surface area contributed by atoms with Crippen LogP contribution in [0.2, 0.25) is 0 Å². The van der Waals surface area contributed by atoms with Crippen LogP contribution >= 0.6 is 0 Å². The first-order valence-corrected chi connectivity index (χ1v) is 9.23. The quantitative estimate of drug-likeness (QED) is 0.716. The van der Waals surface area contributed by atoms with Crippen LogP contribution in [0.4, 0.5) is 0 Å². The first-order chi connectivity index (χ1) is 13.3. The van der Waals surface area contributed by atoms with Gasteiger partial charge < -0.3 is 9.64 Å². The van der Waals surface area contributed by atoms with Gasteiger partial charge in [-0.1, -0.05) is 36.4 Å². The van der Waals surface area contributed by atoms with E-state index < -0.39 is 0 Å². The van der Waals surface area contributed by atoms with Crippen molar-refractivity contribution in [1.82, 2.24) is 14.8 Å². The van der Waals surface area contributed by atoms with E-state index in [2.05, 4.69) is 34.1 Å². The number of carbonyl (C=O) groups is 1. The number of hydrogen-bond acceptors (Lipinski definition) is 4. The zero-order valence-electron chi connectivity index (χ0n) is 15.5. The molecule has 0 bridgehead atoms. The standard InChI is InChI=1S/C22H23N3O2/c1-27-20-10-3-2-9-19(20)22(26)25-14-12-24(13-15-25)16-18-7-4-6-17-8-5-11-23-21(17)18/h2-11H,12-16H2,1H3. The van der Waals surface area contributed by atoms with Gasteiger partial charge in [0.05, 0.1) is 18.2 Å². The first kappa shape index (κ1) is 17.5. The van der Waals surface area contributed by atoms with E-state index in [-0.39, 0.29) is 5.91 Å². The van der Waals surface area contributed by atoms with Gasteiger partial charge in [0, 0.05) is 44.3 Å². The smallest absolute Gasteiger partial charge is 0.257 e. The Kier molecular flexibility index (Phi) is 5.03. The van der Waals surface area contributed by atoms with Gasteiger partial charge in [-0.05, 0) is 23.8 Å². The predicted octanol–water partition coefficient (Wildman–Crippen LogP) is 3.20. The molecule has 27 heavy (non-hydrogen) atoms. The zero-order valence-corrected chi connectivity index (χ0v) is 15.5. The topological polar surface area (TPSA) is 45.7 Å². The summed E-state index contributed by atoms with van der Waals surface area (Å²) in [4.78, 5) is 21.7. The summed E-state index contributed by atoms with van der Waals surface area (Å²) in [6.07, 6.45) is 1.84. The van der Waals surface area contributed by atoms with Gasteiger partial charge in [-0.3, -0.25) is 14.7 Å². The van der Waals surface area contributed by atoms with E-state index in [4.69, 9.17) is 4.74 Å². The number of pyridine rings is 1. The molecule has 0 aliphatic carbocycles. The second kappa shape index (κ2) is 7.76. The van der Waals surface area contributed by atoms with Crippen molar-refractivity contribution in [1.29, 1.82) is 0 Å². The van der Waals surface area contributed by atoms with Crippen LogP contribution in [-0.4, -0.2) is 54.0 Å². The summed E-state index contributed by atoms with van der Waals surface area (Å²) in [5.74, 6) is 0.672. The van der Waals surface area contributed by atoms with Crippen LogP contribution in [0.5, 0.6) is 5.75 Å². The third-order valence-electron chi connectivity index (χ3n) is 5.11. The fourth-order valence-corrected chi connectivity index (χ4v) is 3.64. The number of benzene rings is 2. The van der Waals surface area contributed by atoms with Gasteiger partial charge >= 0.3 is 0 Å². The van der Waals surface area contributed by atoms with E-state index in [0.29, 0.717) is 11.3 Å². The molecule has 1 aliphatic rings. The zero-order chi connectivity index (χ0) is 18.6. The first-order valence-electron chi connectivity index (χ1n) is 9.23. The normalized spacial score (nSPS) is 15.1. The lowest BCUT2D eigenvalue weighted by atomic mass is 10.1. The molecule has 3 aromatic rings. The van der Waals surface area contributed by atoms with E-state index >= 15 is 0 Å². The highest BCUT2D eigenvalue weighted by Crippen LogP contribution is 2.21. The number of amides is 1. The van der Waals surface area contributed by atoms with Crippen LogP contribution < -0.4 is 4.74 Å². The Bertz CT molecular complexity index is 944. The number of fused-ring (bicyclic) bond motifs is 1. The van der Waals surface area contributed by atoms with Crippen molar-refractivity contribution < 1.29 is 9.53 Å². The minimum Gasteiger partial charge on any atom is -0.496 e. The Labute approximate surface area is 159 Å². The summed E-state index contributed by atoms with van der Waals surface area (Å²) >= 11 is 0. The van der Waals surface area contributed by atoms with Gasteiger partial charge in [-0.2, -0.15) is 0 Å². The van der Waals surface area contributed by atoms with E-state index in [0.717, 1.165) is 38.2 Å². The lowest BCUT2D eigenvalue weighted by Crippen LogP contribution is -2.48. The molecule has 0 atom stereocenters. The van der Waals surface area contributed by atoms with Crippen molar-refractivity contribution in [2.24, 2.45) is 0 Å². The van der Waals surface area contributed by atoms with Crippen LogP contribution in [0, 0.1) is 0 Å². The number of ether oxygens (including phenoxy) is 1. The Morgan fingerprint density at radius 1 is 1.00 bits per heavy atom. The summed E-state index contributed by atoms with van der Waals surface area (Å²) in [5.41, 5.74) is 2.93. The number of hydrogen-bond donors (Lipinski definition) is 0. The molecule has 0 spiro atoms. The van der Waals surface area contributed by atoms with Crippen molar-refractivity contribution in [2.75, 3.05) is 33.3 Å². The second-order valence-corrected chi connectivity index (χ2v) is 6.76. The molecular formula is C22H23N3O2. The Balaban J connectivity index is 1.42. The maximum Gasteiger partial charge on any atom is 0.257 e. The Morgan fingerprint density at radius 2 is 1.78 bits per heavy atom. The molecule has 1 aliphatic heterocycles. The monoisotopic (exact) mass is 361 g/mol. The number of carbonyl (C=O) groups excluding carboxylic acids is 1. The average Bonchev–Trinajstić information content (AvgIpc) is 2.74. The molecule has 138 valence electrons. The maximum atomic E-state index is 12.8. The molecule has 5 nitrogen and oxygen atoms in total. The SMILES string of the molecule is COc1ccccc1C(=O)N1CCN(Cc2cccc3cccnc23)CC1. The number of piperazine rings is 1. The van der Waals surface area contributed by atoms with Crippen molar-refractivity contribution in [3.8, 4) is 5.75 Å². The van der Waals surface area contributed by atoms with Crippen molar-refractivity contribution in [2.45, 2.75) is 6.54 Å². The molecular weight excluding hydrogens is 338 g/mol. The van der Waals surface area contributed by atoms with Gasteiger partial charge in [0.2, 0.25) is 0 Å². The second-order valence-electron chi connectivity index (χ2n) is 6.76. The highest BCUT2D eigenvalue weighted by molar-refractivity contribution is 5.97. The highest BCUT2D eigenvalue weighted by atomic mass is 16.5. The largest absolute Gasteiger partial charge is 0.496 e. The van der Waals surface area contributed by atoms with Crippen molar-refractivity contribution in [3.63, 3.8) is 0 Å². The molecule has 0 unspecified atom stereocenters. The van der Waals surface area contributed by atoms with Crippen LogP contribution in [0.25, 0.3) is 10.9 Å². The van der Waals surface area contributed by atoms with Gasteiger partial charge in [0.25, 0.3) is 5.91 Å². The van der Waals surface area contributed by atoms with Gasteiger partial charge in [0.1, 0.15) is 5.75 Å². The van der Waals surface area contributed by atoms with E-state index in [1.165, 1.54) is 10.9 Å². The van der Waals surface area contributed by atoms with Crippen molar-refractivity contribution in [3.05, 3.63) is 71.9 Å². The third-order valence-corrected chi connectivity index (χ3v) is 5.11. The fraction of sp³-hybridized carbons (Fsp3) is 0.273. The van der Waals surface area contributed by atoms with Gasteiger partial charge in [-0.15, -0.1) is 0 Å². The number of rotatable bonds is 4. The Hall–Kier alpha value is -2.92. The van der Waals surface area contributed by atoms with E-state index in [1.54, 1.807) is 7.11 Å². The summed E-state index contributed by atoms with van der Waals surface area (Å²) in [6.45, 7) is 3.99. The highest BCUT2D eigenvalue weighted by Gasteiger charge is 2.24. The molecule has 0 N–H and O–H groups in total. The molecule has 1 amide bonds. The van der Waals surface area contributed by atoms with Crippen LogP contribution in [0.3, 0.4) is 0 Å². The van der Waals surface area contributed by atoms with E-state index in [1.807, 2.05) is 41.4 Å². The van der Waals surface area contributed by atoms with Gasteiger partial charge in [0.15, 0.2) is 0 Å². The molecule has 0 radical (unpaired) electrons. The molecule has 4 rings (SSSR count). The predicted molar refractivity (Wildman–Crippen MR) is 106 cm³/mol. The lowest BCUT2D eigenvalue weighted by Gasteiger charge is -2.35. The number of nitrogens with zero attached hydrogens (tertiary/aromatic N) is 3. The minimum atomic E-state index is 0.0407. The summed E-state index contributed by atoms with van der Waals surface area (Å²) in [6, 6.07) is 17.8. The Morgan fingerprint density at radius 3 is 2.59 bits per heavy atom. The van der Waals surface area contributed by atoms with Gasteiger partial charge in [-0.25, -0.2) is 0 Å². The van der Waals surface area contributed by atoms with Crippen LogP contribution in [-0.2, 0) is 6.54 Å². The number of methoxy groups -OCH3 is 1. The number of para-hydroxylation sites is 2. The molecule has 1 fully saturated rings. The lowest BCUT2D eigenvalue weighted by molar-refractivity contribution is 0.0625. The van der Waals surface area contributed by atoms with Crippen molar-refractivity contribution >= 4 is 16.8 Å². The summed E-state index contributed by atoms with van der Waals surface area (Å²) < 4.78 is 5.33. The van der Waals surface area contributed by atoms with Crippen LogP contribution in [0.1, 0.15) is 15.9 Å².